The van der Waals surface area contributed by atoms with Gasteiger partial charge in [-0.2, -0.15) is 0 Å². The van der Waals surface area contributed by atoms with E-state index in [0.717, 1.165) is 21.7 Å². The number of thiophene rings is 1. The molecule has 31 heavy (non-hydrogen) atoms. The second-order valence-electron chi connectivity index (χ2n) is 7.18. The van der Waals surface area contributed by atoms with Crippen LogP contribution in [0.4, 0.5) is 0 Å². The van der Waals surface area contributed by atoms with Crippen LogP contribution in [0.25, 0.3) is 44.3 Å². The van der Waals surface area contributed by atoms with E-state index in [-0.39, 0.29) is 0 Å². The molecule has 0 unspecified atom stereocenters. The van der Waals surface area contributed by atoms with Crippen molar-refractivity contribution in [3.05, 3.63) is 121 Å². The number of benzene rings is 3. The Kier molecular flexibility index (Phi) is 5.50. The first-order chi connectivity index (χ1) is 15.4. The Labute approximate surface area is 186 Å². The Balaban J connectivity index is 1.40. The van der Waals surface area contributed by atoms with E-state index in [1.165, 1.54) is 21.6 Å². The van der Waals surface area contributed by atoms with Crippen molar-refractivity contribution in [2.75, 3.05) is 0 Å². The van der Waals surface area contributed by atoms with Crippen LogP contribution in [-0.4, -0.2) is 9.97 Å². The minimum atomic E-state index is 0.958. The summed E-state index contributed by atoms with van der Waals surface area (Å²) in [6.45, 7) is 0. The normalized spacial score (nSPS) is 11.1. The minimum Gasteiger partial charge on any atom is -0.244 e. The average Bonchev–Trinajstić information content (AvgIpc) is 3.35. The van der Waals surface area contributed by atoms with E-state index in [0.29, 0.717) is 0 Å². The monoisotopic (exact) mass is 416 g/mol. The highest BCUT2D eigenvalue weighted by molar-refractivity contribution is 7.18. The molecule has 0 radical (unpaired) electrons. The molecule has 0 bridgehead atoms. The van der Waals surface area contributed by atoms with Crippen LogP contribution >= 0.6 is 11.3 Å². The third-order valence-corrected chi connectivity index (χ3v) is 6.25. The SMILES string of the molecule is C(=C\c1cncnc1-c1ccc(-c2ccccc2)s1)/c1ccc(-c2ccccc2)cc1. The molecule has 0 atom stereocenters. The molecule has 5 aromatic rings. The molecule has 0 saturated carbocycles. The van der Waals surface area contributed by atoms with Crippen molar-refractivity contribution in [2.45, 2.75) is 0 Å². The highest BCUT2D eigenvalue weighted by Gasteiger charge is 2.09. The number of hydrogen-bond acceptors (Lipinski definition) is 3. The molecule has 0 fully saturated rings. The van der Waals surface area contributed by atoms with Crippen LogP contribution in [0.15, 0.2) is 110 Å². The predicted molar refractivity (Wildman–Crippen MR) is 132 cm³/mol. The summed E-state index contributed by atoms with van der Waals surface area (Å²) < 4.78 is 0. The Bertz CT molecular complexity index is 1300. The van der Waals surface area contributed by atoms with E-state index in [1.807, 2.05) is 18.3 Å². The molecule has 0 amide bonds. The van der Waals surface area contributed by atoms with Crippen LogP contribution in [0, 0.1) is 0 Å². The van der Waals surface area contributed by atoms with Gasteiger partial charge in [-0.3, -0.25) is 0 Å². The van der Waals surface area contributed by atoms with Crippen molar-refractivity contribution in [2.24, 2.45) is 0 Å². The molecule has 148 valence electrons. The van der Waals surface area contributed by atoms with Gasteiger partial charge in [-0.25, -0.2) is 9.97 Å². The molecule has 0 N–H and O–H groups in total. The molecule has 0 saturated heterocycles. The van der Waals surface area contributed by atoms with Crippen molar-refractivity contribution in [1.29, 1.82) is 0 Å². The van der Waals surface area contributed by atoms with E-state index in [1.54, 1.807) is 17.7 Å². The van der Waals surface area contributed by atoms with Gasteiger partial charge in [0, 0.05) is 16.6 Å². The summed E-state index contributed by atoms with van der Waals surface area (Å²) in [6.07, 6.45) is 7.69. The summed E-state index contributed by atoms with van der Waals surface area (Å²) >= 11 is 1.75. The van der Waals surface area contributed by atoms with Gasteiger partial charge in [-0.05, 0) is 34.4 Å². The van der Waals surface area contributed by atoms with Crippen molar-refractivity contribution in [3.63, 3.8) is 0 Å². The third-order valence-electron chi connectivity index (χ3n) is 5.11. The van der Waals surface area contributed by atoms with E-state index in [2.05, 4.69) is 107 Å². The molecule has 2 aromatic heterocycles. The van der Waals surface area contributed by atoms with E-state index < -0.39 is 0 Å². The first kappa shape index (κ1) is 19.2. The van der Waals surface area contributed by atoms with Crippen molar-refractivity contribution in [1.82, 2.24) is 9.97 Å². The van der Waals surface area contributed by atoms with Crippen LogP contribution in [0.3, 0.4) is 0 Å². The zero-order chi connectivity index (χ0) is 20.9. The van der Waals surface area contributed by atoms with Gasteiger partial charge in [0.25, 0.3) is 0 Å². The van der Waals surface area contributed by atoms with Crippen LogP contribution in [-0.2, 0) is 0 Å². The maximum Gasteiger partial charge on any atom is 0.116 e. The standard InChI is InChI=1S/C28H20N2S/c1-3-7-22(8-4-1)23-14-11-21(12-15-23)13-16-25-19-29-20-30-28(25)27-18-17-26(31-27)24-9-5-2-6-10-24/h1-20H/b16-13+. The smallest absolute Gasteiger partial charge is 0.116 e. The first-order valence-corrected chi connectivity index (χ1v) is 11.0. The summed E-state index contributed by atoms with van der Waals surface area (Å²) in [7, 11) is 0. The molecule has 3 aromatic carbocycles. The van der Waals surface area contributed by atoms with Gasteiger partial charge in [-0.15, -0.1) is 11.3 Å². The summed E-state index contributed by atoms with van der Waals surface area (Å²) in [5, 5.41) is 0. The lowest BCUT2D eigenvalue weighted by atomic mass is 10.0. The lowest BCUT2D eigenvalue weighted by Gasteiger charge is -2.03. The molecule has 3 heteroatoms. The molecule has 0 aliphatic rings. The molecule has 0 spiro atoms. The molecule has 2 heterocycles. The Morgan fingerprint density at radius 1 is 0.581 bits per heavy atom. The molecule has 5 rings (SSSR count). The average molecular weight is 417 g/mol. The van der Waals surface area contributed by atoms with Gasteiger partial charge in [0.2, 0.25) is 0 Å². The lowest BCUT2D eigenvalue weighted by Crippen LogP contribution is -1.87. The van der Waals surface area contributed by atoms with Crippen molar-refractivity contribution >= 4 is 23.5 Å². The fourth-order valence-corrected chi connectivity index (χ4v) is 4.52. The number of aromatic nitrogens is 2. The van der Waals surface area contributed by atoms with Gasteiger partial charge in [0.05, 0.1) is 10.6 Å². The quantitative estimate of drug-likeness (QED) is 0.293. The van der Waals surface area contributed by atoms with E-state index in [4.69, 9.17) is 0 Å². The predicted octanol–water partition coefficient (Wildman–Crippen LogP) is 7.71. The van der Waals surface area contributed by atoms with Crippen LogP contribution in [0.1, 0.15) is 11.1 Å². The number of rotatable bonds is 5. The number of hydrogen-bond donors (Lipinski definition) is 0. The van der Waals surface area contributed by atoms with Gasteiger partial charge < -0.3 is 0 Å². The summed E-state index contributed by atoms with van der Waals surface area (Å²) in [4.78, 5) is 11.2. The van der Waals surface area contributed by atoms with Gasteiger partial charge in [0.1, 0.15) is 6.33 Å². The zero-order valence-corrected chi connectivity index (χ0v) is 17.7. The van der Waals surface area contributed by atoms with Gasteiger partial charge >= 0.3 is 0 Å². The molecule has 0 aliphatic heterocycles. The van der Waals surface area contributed by atoms with Crippen LogP contribution in [0.5, 0.6) is 0 Å². The highest BCUT2D eigenvalue weighted by Crippen LogP contribution is 2.35. The van der Waals surface area contributed by atoms with Gasteiger partial charge in [0.15, 0.2) is 0 Å². The fraction of sp³-hybridized carbons (Fsp3) is 0. The number of nitrogens with zero attached hydrogens (tertiary/aromatic N) is 2. The molecular weight excluding hydrogens is 396 g/mol. The molecule has 0 aliphatic carbocycles. The minimum absolute atomic E-state index is 0.958. The summed E-state index contributed by atoms with van der Waals surface area (Å²) in [5.41, 5.74) is 6.78. The highest BCUT2D eigenvalue weighted by atomic mass is 32.1. The fourth-order valence-electron chi connectivity index (χ4n) is 3.49. The maximum absolute atomic E-state index is 4.57. The topological polar surface area (TPSA) is 25.8 Å². The summed E-state index contributed by atoms with van der Waals surface area (Å²) in [5.74, 6) is 0. The molecular formula is C28H20N2S. The Morgan fingerprint density at radius 3 is 1.97 bits per heavy atom. The van der Waals surface area contributed by atoms with E-state index >= 15 is 0 Å². The zero-order valence-electron chi connectivity index (χ0n) is 16.8. The third kappa shape index (κ3) is 4.37. The van der Waals surface area contributed by atoms with Crippen LogP contribution < -0.4 is 0 Å². The van der Waals surface area contributed by atoms with Crippen LogP contribution in [0.2, 0.25) is 0 Å². The van der Waals surface area contributed by atoms with Crippen molar-refractivity contribution < 1.29 is 0 Å². The second-order valence-corrected chi connectivity index (χ2v) is 8.26. The van der Waals surface area contributed by atoms with Crippen molar-refractivity contribution in [3.8, 4) is 32.1 Å². The van der Waals surface area contributed by atoms with E-state index in [9.17, 15) is 0 Å². The second kappa shape index (κ2) is 8.90. The first-order valence-electron chi connectivity index (χ1n) is 10.2. The lowest BCUT2D eigenvalue weighted by molar-refractivity contribution is 1.17. The van der Waals surface area contributed by atoms with Gasteiger partial charge in [-0.1, -0.05) is 97.1 Å². The maximum atomic E-state index is 4.57. The Morgan fingerprint density at radius 2 is 1.23 bits per heavy atom. The summed E-state index contributed by atoms with van der Waals surface area (Å²) in [6, 6.07) is 33.8. The largest absolute Gasteiger partial charge is 0.244 e. The Hall–Kier alpha value is -3.82. The molecule has 2 nitrogen and oxygen atoms in total.